The maximum absolute atomic E-state index is 12.3. The average Bonchev–Trinajstić information content (AvgIpc) is 3.60. The highest BCUT2D eigenvalue weighted by atomic mass is 16.5. The fourth-order valence-electron chi connectivity index (χ4n) is 3.89. The van der Waals surface area contributed by atoms with Crippen LogP contribution in [0.3, 0.4) is 0 Å². The molecule has 1 aromatic carbocycles. The molecule has 0 bridgehead atoms. The van der Waals surface area contributed by atoms with Gasteiger partial charge >= 0.3 is 6.03 Å². The molecule has 1 aliphatic heterocycles. The molecule has 4 N–H and O–H groups in total. The zero-order valence-electron chi connectivity index (χ0n) is 23.2. The fraction of sp³-hybridized carbons (Fsp3) is 0.367. The lowest BCUT2D eigenvalue weighted by atomic mass is 9.93. The second-order valence-corrected chi connectivity index (χ2v) is 10.4. The van der Waals surface area contributed by atoms with Gasteiger partial charge in [0.15, 0.2) is 5.82 Å². The Bertz CT molecular complexity index is 1370. The molecule has 1 aliphatic rings. The maximum Gasteiger partial charge on any atom is 0.324 e. The van der Waals surface area contributed by atoms with E-state index in [1.54, 1.807) is 36.4 Å². The molecular formula is C30H36N6O4. The van der Waals surface area contributed by atoms with Crippen molar-refractivity contribution < 1.29 is 18.8 Å². The Hall–Kier alpha value is -4.33. The lowest BCUT2D eigenvalue weighted by molar-refractivity contribution is 0.0358. The van der Waals surface area contributed by atoms with E-state index in [-0.39, 0.29) is 5.41 Å². The van der Waals surface area contributed by atoms with E-state index in [2.05, 4.69) is 37.5 Å². The Balaban J connectivity index is 1.25. The van der Waals surface area contributed by atoms with Crippen molar-refractivity contribution in [2.75, 3.05) is 50.1 Å². The molecule has 10 nitrogen and oxygen atoms in total. The summed E-state index contributed by atoms with van der Waals surface area (Å²) in [6.45, 7) is 11.2. The summed E-state index contributed by atoms with van der Waals surface area (Å²) in [5.41, 5.74) is 2.51. The smallest absolute Gasteiger partial charge is 0.324 e. The average molecular weight is 545 g/mol. The lowest BCUT2D eigenvalue weighted by Crippen LogP contribution is -2.37. The summed E-state index contributed by atoms with van der Waals surface area (Å²) in [5, 5.41) is 17.0. The van der Waals surface area contributed by atoms with Crippen molar-refractivity contribution >= 4 is 29.8 Å². The molecule has 10 heteroatoms. The van der Waals surface area contributed by atoms with Gasteiger partial charge in [-0.05, 0) is 36.8 Å². The van der Waals surface area contributed by atoms with Crippen LogP contribution in [0.25, 0.3) is 6.08 Å². The molecule has 40 heavy (non-hydrogen) atoms. The predicted molar refractivity (Wildman–Crippen MR) is 156 cm³/mol. The number of anilines is 2. The lowest BCUT2D eigenvalue weighted by Gasteiger charge is -2.26. The summed E-state index contributed by atoms with van der Waals surface area (Å²) < 4.78 is 16.5. The van der Waals surface area contributed by atoms with E-state index in [0.717, 1.165) is 56.3 Å². The van der Waals surface area contributed by atoms with Crippen LogP contribution in [0.5, 0.6) is 5.75 Å². The first-order valence-electron chi connectivity index (χ1n) is 13.3. The van der Waals surface area contributed by atoms with Crippen LogP contribution in [0.2, 0.25) is 0 Å². The monoisotopic (exact) mass is 544 g/mol. The number of H-pyrrole nitrogens is 1. The van der Waals surface area contributed by atoms with Gasteiger partial charge in [-0.25, -0.2) is 4.79 Å². The Morgan fingerprint density at radius 1 is 1.20 bits per heavy atom. The number of aromatic amines is 1. The molecule has 2 amide bonds. The Morgan fingerprint density at radius 3 is 2.67 bits per heavy atom. The molecule has 0 radical (unpaired) electrons. The summed E-state index contributed by atoms with van der Waals surface area (Å²) in [7, 11) is 0. The molecule has 4 rings (SSSR count). The van der Waals surface area contributed by atoms with Crippen LogP contribution in [0.4, 0.5) is 16.3 Å². The molecule has 0 spiro atoms. The van der Waals surface area contributed by atoms with Crippen LogP contribution in [0.15, 0.2) is 52.7 Å². The standard InChI is InChI=1S/C30H36N6O4/c1-30(2,3)27-19-28(35-40-27)34-29(37)33-24-9-7-22(8-10-24)5-6-23(20-31)17-25-18-26(21-32-25)39-14-4-11-36-12-15-38-16-13-36/h7-10,17-21,31-32H,4,11-16H2,1-3H3,(H2,33,34,35,37)/b23-17-,31-20?. The minimum atomic E-state index is -0.423. The minimum Gasteiger partial charge on any atom is -0.492 e. The van der Waals surface area contributed by atoms with Crippen LogP contribution in [-0.4, -0.2) is 66.7 Å². The number of benzene rings is 1. The van der Waals surface area contributed by atoms with Gasteiger partial charge in [-0.2, -0.15) is 0 Å². The van der Waals surface area contributed by atoms with Crippen molar-refractivity contribution in [3.05, 3.63) is 65.2 Å². The van der Waals surface area contributed by atoms with E-state index < -0.39 is 6.03 Å². The largest absolute Gasteiger partial charge is 0.492 e. The molecule has 2 aromatic heterocycles. The molecule has 0 aliphatic carbocycles. The molecule has 0 atom stereocenters. The van der Waals surface area contributed by atoms with Gasteiger partial charge in [0.05, 0.1) is 19.8 Å². The van der Waals surface area contributed by atoms with E-state index in [1.165, 1.54) is 6.21 Å². The highest BCUT2D eigenvalue weighted by Gasteiger charge is 2.20. The first-order chi connectivity index (χ1) is 19.3. The third kappa shape index (κ3) is 8.86. The molecule has 3 aromatic rings. The topological polar surface area (TPSA) is 128 Å². The van der Waals surface area contributed by atoms with Gasteiger partial charge in [0.2, 0.25) is 0 Å². The minimum absolute atomic E-state index is 0.199. The van der Waals surface area contributed by atoms with Crippen LogP contribution >= 0.6 is 0 Å². The Kier molecular flexibility index (Phi) is 9.78. The van der Waals surface area contributed by atoms with E-state index in [9.17, 15) is 4.79 Å². The van der Waals surface area contributed by atoms with Crippen molar-refractivity contribution in [2.45, 2.75) is 32.6 Å². The van der Waals surface area contributed by atoms with Gasteiger partial charge in [-0.1, -0.05) is 37.8 Å². The quantitative estimate of drug-likeness (QED) is 0.168. The summed E-state index contributed by atoms with van der Waals surface area (Å²) in [6.07, 6.45) is 5.78. The van der Waals surface area contributed by atoms with Crippen molar-refractivity contribution in [3.8, 4) is 17.6 Å². The molecule has 1 fully saturated rings. The van der Waals surface area contributed by atoms with Gasteiger partial charge in [0, 0.05) is 72.1 Å². The summed E-state index contributed by atoms with van der Waals surface area (Å²) in [4.78, 5) is 17.9. The molecule has 0 unspecified atom stereocenters. The number of hydrogen-bond donors (Lipinski definition) is 4. The maximum atomic E-state index is 12.3. The summed E-state index contributed by atoms with van der Waals surface area (Å²) in [5.74, 6) is 7.86. The second-order valence-electron chi connectivity index (χ2n) is 10.4. The van der Waals surface area contributed by atoms with Gasteiger partial charge in [0.1, 0.15) is 11.5 Å². The van der Waals surface area contributed by atoms with E-state index in [1.807, 2.05) is 33.0 Å². The molecule has 210 valence electrons. The predicted octanol–water partition coefficient (Wildman–Crippen LogP) is 5.13. The number of carbonyl (C=O) groups is 1. The summed E-state index contributed by atoms with van der Waals surface area (Å²) >= 11 is 0. The second kappa shape index (κ2) is 13.6. The highest BCUT2D eigenvalue weighted by molar-refractivity contribution is 5.99. The van der Waals surface area contributed by atoms with Gasteiger partial charge in [0.25, 0.3) is 0 Å². The highest BCUT2D eigenvalue weighted by Crippen LogP contribution is 2.24. The first-order valence-corrected chi connectivity index (χ1v) is 13.3. The van der Waals surface area contributed by atoms with Gasteiger partial charge < -0.3 is 29.7 Å². The third-order valence-electron chi connectivity index (χ3n) is 6.12. The van der Waals surface area contributed by atoms with Crippen LogP contribution in [-0.2, 0) is 10.2 Å². The number of ether oxygens (including phenoxy) is 2. The number of carbonyl (C=O) groups excluding carboxylic acids is 1. The number of hydrogen-bond acceptors (Lipinski definition) is 7. The fourth-order valence-corrected chi connectivity index (χ4v) is 3.89. The number of nitrogens with one attached hydrogen (secondary N) is 4. The Labute approximate surface area is 234 Å². The van der Waals surface area contributed by atoms with Crippen molar-refractivity contribution in [1.29, 1.82) is 5.41 Å². The van der Waals surface area contributed by atoms with E-state index in [4.69, 9.17) is 19.4 Å². The van der Waals surface area contributed by atoms with E-state index in [0.29, 0.717) is 29.4 Å². The summed E-state index contributed by atoms with van der Waals surface area (Å²) in [6, 6.07) is 10.3. The third-order valence-corrected chi connectivity index (χ3v) is 6.12. The Morgan fingerprint density at radius 2 is 1.98 bits per heavy atom. The van der Waals surface area contributed by atoms with Crippen LogP contribution < -0.4 is 15.4 Å². The number of nitrogens with zero attached hydrogens (tertiary/aromatic N) is 2. The number of amides is 2. The van der Waals surface area contributed by atoms with Crippen LogP contribution in [0, 0.1) is 17.3 Å². The van der Waals surface area contributed by atoms with Crippen molar-refractivity contribution in [3.63, 3.8) is 0 Å². The molecule has 0 saturated carbocycles. The SMILES string of the molecule is CC(C)(C)c1cc(NC(=O)Nc2ccc(C#C/C(C=N)=C/c3cc(OCCCN4CCOCC4)c[nH]3)cc2)no1. The zero-order valence-corrected chi connectivity index (χ0v) is 23.2. The normalized spacial score (nSPS) is 14.2. The molecular weight excluding hydrogens is 508 g/mol. The number of allylic oxidation sites excluding steroid dienone is 1. The number of aromatic nitrogens is 2. The van der Waals surface area contributed by atoms with Crippen LogP contribution in [0.1, 0.15) is 44.2 Å². The van der Waals surface area contributed by atoms with Gasteiger partial charge in [-0.15, -0.1) is 0 Å². The zero-order chi connectivity index (χ0) is 28.4. The number of urea groups is 1. The van der Waals surface area contributed by atoms with Crippen molar-refractivity contribution in [1.82, 2.24) is 15.0 Å². The molecule has 1 saturated heterocycles. The number of rotatable bonds is 9. The van der Waals surface area contributed by atoms with E-state index >= 15 is 0 Å². The number of morpholine rings is 1. The van der Waals surface area contributed by atoms with Gasteiger partial charge in [-0.3, -0.25) is 10.2 Å². The molecule has 3 heterocycles. The van der Waals surface area contributed by atoms with Crippen molar-refractivity contribution in [2.24, 2.45) is 0 Å². The first kappa shape index (κ1) is 28.7.